The highest BCUT2D eigenvalue weighted by molar-refractivity contribution is 7.89. The second-order valence-corrected chi connectivity index (χ2v) is 7.93. The lowest BCUT2D eigenvalue weighted by Crippen LogP contribution is -2.25. The topological polar surface area (TPSA) is 75.3 Å². The number of aryl methyl sites for hydroxylation is 1. The van der Waals surface area contributed by atoms with Gasteiger partial charge in [-0.15, -0.1) is 0 Å². The molecular weight excluding hydrogens is 348 g/mol. The number of amides is 1. The van der Waals surface area contributed by atoms with Crippen molar-refractivity contribution in [1.29, 1.82) is 0 Å². The molecule has 0 radical (unpaired) electrons. The maximum absolute atomic E-state index is 12.5. The molecule has 6 heteroatoms. The average molecular weight is 368 g/mol. The van der Waals surface area contributed by atoms with Gasteiger partial charge in [-0.3, -0.25) is 4.79 Å². The number of fused-ring (bicyclic) bond motifs is 1. The summed E-state index contributed by atoms with van der Waals surface area (Å²) in [6, 6.07) is 18.6. The van der Waals surface area contributed by atoms with Crippen LogP contribution in [0.3, 0.4) is 0 Å². The molecule has 0 saturated heterocycles. The maximum atomic E-state index is 12.5. The number of sulfonamides is 1. The number of hydrogen-bond donors (Lipinski definition) is 2. The molecule has 0 heterocycles. The Morgan fingerprint density at radius 1 is 0.962 bits per heavy atom. The van der Waals surface area contributed by atoms with Gasteiger partial charge >= 0.3 is 0 Å². The highest BCUT2D eigenvalue weighted by Crippen LogP contribution is 2.17. The Labute approximate surface area is 153 Å². The van der Waals surface area contributed by atoms with E-state index >= 15 is 0 Å². The van der Waals surface area contributed by atoms with Crippen LogP contribution in [-0.2, 0) is 16.6 Å². The van der Waals surface area contributed by atoms with Crippen LogP contribution >= 0.6 is 0 Å². The Morgan fingerprint density at radius 2 is 1.69 bits per heavy atom. The van der Waals surface area contributed by atoms with Gasteiger partial charge in [0.25, 0.3) is 5.91 Å². The van der Waals surface area contributed by atoms with Gasteiger partial charge in [0.15, 0.2) is 0 Å². The second-order valence-electron chi connectivity index (χ2n) is 6.05. The smallest absolute Gasteiger partial charge is 0.251 e. The first-order valence-corrected chi connectivity index (χ1v) is 9.69. The molecular formula is C20H20N2O3S. The third kappa shape index (κ3) is 3.76. The van der Waals surface area contributed by atoms with Crippen molar-refractivity contribution >= 4 is 26.7 Å². The lowest BCUT2D eigenvalue weighted by atomic mass is 10.1. The molecule has 5 nitrogen and oxygen atoms in total. The monoisotopic (exact) mass is 368 g/mol. The number of hydrogen-bond acceptors (Lipinski definition) is 3. The Bertz CT molecular complexity index is 1080. The van der Waals surface area contributed by atoms with Crippen LogP contribution in [0.25, 0.3) is 10.8 Å². The normalized spacial score (nSPS) is 11.5. The van der Waals surface area contributed by atoms with Crippen LogP contribution in [0, 0.1) is 6.92 Å². The number of rotatable bonds is 5. The Morgan fingerprint density at radius 3 is 2.42 bits per heavy atom. The van der Waals surface area contributed by atoms with Crippen molar-refractivity contribution in [3.63, 3.8) is 0 Å². The first-order valence-electron chi connectivity index (χ1n) is 8.21. The van der Waals surface area contributed by atoms with Gasteiger partial charge in [0.1, 0.15) is 0 Å². The third-order valence-corrected chi connectivity index (χ3v) is 5.71. The van der Waals surface area contributed by atoms with Crippen molar-refractivity contribution in [3.8, 4) is 0 Å². The van der Waals surface area contributed by atoms with E-state index in [0.717, 1.165) is 21.9 Å². The minimum Gasteiger partial charge on any atom is -0.348 e. The Balaban J connectivity index is 1.80. The van der Waals surface area contributed by atoms with E-state index in [2.05, 4.69) is 10.0 Å². The van der Waals surface area contributed by atoms with Gasteiger partial charge in [-0.1, -0.05) is 42.5 Å². The summed E-state index contributed by atoms with van der Waals surface area (Å²) in [4.78, 5) is 12.6. The molecule has 0 atom stereocenters. The maximum Gasteiger partial charge on any atom is 0.251 e. The molecule has 3 aromatic carbocycles. The molecule has 0 saturated carbocycles. The van der Waals surface area contributed by atoms with Crippen LogP contribution in [0.1, 0.15) is 21.5 Å². The van der Waals surface area contributed by atoms with Crippen LogP contribution < -0.4 is 10.0 Å². The van der Waals surface area contributed by atoms with Crippen LogP contribution in [0.5, 0.6) is 0 Å². The predicted octanol–water partition coefficient (Wildman–Crippen LogP) is 2.99. The summed E-state index contributed by atoms with van der Waals surface area (Å²) in [5.41, 5.74) is 2.05. The Hall–Kier alpha value is -2.70. The van der Waals surface area contributed by atoms with Crippen LogP contribution in [0.4, 0.5) is 0 Å². The number of benzene rings is 3. The Kier molecular flexibility index (Phi) is 5.06. The molecule has 0 aromatic heterocycles. The van der Waals surface area contributed by atoms with E-state index in [9.17, 15) is 13.2 Å². The highest BCUT2D eigenvalue weighted by Gasteiger charge is 2.16. The third-order valence-electron chi connectivity index (χ3n) is 4.30. The molecule has 2 N–H and O–H groups in total. The number of nitrogens with one attached hydrogen (secondary N) is 2. The largest absolute Gasteiger partial charge is 0.348 e. The fraction of sp³-hybridized carbons (Fsp3) is 0.150. The molecule has 26 heavy (non-hydrogen) atoms. The molecule has 0 fully saturated rings. The first-order chi connectivity index (χ1) is 12.4. The van der Waals surface area contributed by atoms with E-state index in [1.54, 1.807) is 13.0 Å². The number of carbonyl (C=O) groups excluding carboxylic acids is 1. The zero-order valence-corrected chi connectivity index (χ0v) is 15.4. The van der Waals surface area contributed by atoms with Crippen LogP contribution in [-0.4, -0.2) is 21.4 Å². The summed E-state index contributed by atoms with van der Waals surface area (Å²) in [7, 11) is -2.25. The van der Waals surface area contributed by atoms with Gasteiger partial charge < -0.3 is 5.32 Å². The van der Waals surface area contributed by atoms with E-state index in [0.29, 0.717) is 12.1 Å². The fourth-order valence-electron chi connectivity index (χ4n) is 2.76. The molecule has 0 bridgehead atoms. The standard InChI is InChI=1S/C20H20N2O3S/c1-14-7-10-18(26(24,25)21-2)12-19(14)20(23)22-13-15-8-9-16-5-3-4-6-17(16)11-15/h3-12,21H,13H2,1-2H3,(H,22,23). The van der Waals surface area contributed by atoms with Crippen molar-refractivity contribution in [1.82, 2.24) is 10.0 Å². The van der Waals surface area contributed by atoms with E-state index in [1.807, 2.05) is 42.5 Å². The van der Waals surface area contributed by atoms with Crippen molar-refractivity contribution in [2.75, 3.05) is 7.05 Å². The SMILES string of the molecule is CNS(=O)(=O)c1ccc(C)c(C(=O)NCc2ccc3ccccc3c2)c1. The van der Waals surface area contributed by atoms with Gasteiger partial charge in [0.2, 0.25) is 10.0 Å². The minimum atomic E-state index is -3.59. The summed E-state index contributed by atoms with van der Waals surface area (Å²) in [6.45, 7) is 2.15. The van der Waals surface area contributed by atoms with Gasteiger partial charge in [-0.25, -0.2) is 13.1 Å². The molecule has 0 unspecified atom stereocenters. The second kappa shape index (κ2) is 7.27. The van der Waals surface area contributed by atoms with E-state index in [4.69, 9.17) is 0 Å². The lowest BCUT2D eigenvalue weighted by Gasteiger charge is -2.10. The fourth-order valence-corrected chi connectivity index (χ4v) is 3.51. The van der Waals surface area contributed by atoms with Crippen LogP contribution in [0.2, 0.25) is 0 Å². The van der Waals surface area contributed by atoms with Gasteiger partial charge in [0, 0.05) is 12.1 Å². The van der Waals surface area contributed by atoms with Gasteiger partial charge in [-0.2, -0.15) is 0 Å². The lowest BCUT2D eigenvalue weighted by molar-refractivity contribution is 0.0950. The van der Waals surface area contributed by atoms with E-state index < -0.39 is 10.0 Å². The average Bonchev–Trinajstić information content (AvgIpc) is 2.66. The molecule has 0 aliphatic heterocycles. The van der Waals surface area contributed by atoms with Gasteiger partial charge in [-0.05, 0) is 54.1 Å². The molecule has 0 aliphatic rings. The molecule has 0 aliphatic carbocycles. The summed E-state index contributed by atoms with van der Waals surface area (Å²) in [6.07, 6.45) is 0. The molecule has 1 amide bonds. The first kappa shape index (κ1) is 18.1. The molecule has 0 spiro atoms. The number of carbonyl (C=O) groups is 1. The quantitative estimate of drug-likeness (QED) is 0.727. The van der Waals surface area contributed by atoms with Crippen molar-refractivity contribution in [2.45, 2.75) is 18.4 Å². The summed E-state index contributed by atoms with van der Waals surface area (Å²) < 4.78 is 26.2. The molecule has 3 rings (SSSR count). The minimum absolute atomic E-state index is 0.0708. The van der Waals surface area contributed by atoms with Crippen LogP contribution in [0.15, 0.2) is 65.6 Å². The summed E-state index contributed by atoms with van der Waals surface area (Å²) in [5.74, 6) is -0.302. The van der Waals surface area contributed by atoms with Crippen molar-refractivity contribution in [2.24, 2.45) is 0 Å². The zero-order valence-electron chi connectivity index (χ0n) is 14.6. The van der Waals surface area contributed by atoms with Crippen molar-refractivity contribution in [3.05, 3.63) is 77.4 Å². The predicted molar refractivity (Wildman–Crippen MR) is 103 cm³/mol. The van der Waals surface area contributed by atoms with E-state index in [1.165, 1.54) is 19.2 Å². The van der Waals surface area contributed by atoms with Gasteiger partial charge in [0.05, 0.1) is 4.90 Å². The van der Waals surface area contributed by atoms with Crippen molar-refractivity contribution < 1.29 is 13.2 Å². The van der Waals surface area contributed by atoms with E-state index in [-0.39, 0.29) is 10.8 Å². The zero-order chi connectivity index (χ0) is 18.7. The molecule has 3 aromatic rings. The summed E-state index contributed by atoms with van der Waals surface area (Å²) >= 11 is 0. The molecule has 134 valence electrons. The summed E-state index contributed by atoms with van der Waals surface area (Å²) in [5, 5.41) is 5.11. The highest BCUT2D eigenvalue weighted by atomic mass is 32.2.